The molecule has 0 aromatic carbocycles. The summed E-state index contributed by atoms with van der Waals surface area (Å²) in [6.45, 7) is 4.62. The van der Waals surface area contributed by atoms with Gasteiger partial charge in [0.2, 0.25) is 0 Å². The second-order valence-corrected chi connectivity index (χ2v) is 6.29. The summed E-state index contributed by atoms with van der Waals surface area (Å²) in [5.74, 6) is 0.576. The van der Waals surface area contributed by atoms with Crippen molar-refractivity contribution >= 4 is 17.7 Å². The van der Waals surface area contributed by atoms with Crippen LogP contribution in [0.1, 0.15) is 38.4 Å². The fourth-order valence-electron chi connectivity index (χ4n) is 1.77. The number of aliphatic carboxylic acids is 1. The lowest BCUT2D eigenvalue weighted by atomic mass is 10.1. The van der Waals surface area contributed by atoms with Gasteiger partial charge in [0.05, 0.1) is 17.9 Å². The molecule has 0 radical (unpaired) electrons. The standard InChI is InChI=1S/C12H19N3O3S/c1-12(2,18-3)7-15-10(8-4-5-8)13-14-11(15)19-6-9(16)17/h8H,4-7H2,1-3H3,(H,16,17). The molecule has 0 amide bonds. The number of ether oxygens (including phenoxy) is 1. The number of hydrogen-bond acceptors (Lipinski definition) is 5. The van der Waals surface area contributed by atoms with Crippen LogP contribution in [0.2, 0.25) is 0 Å². The molecule has 1 heterocycles. The fraction of sp³-hybridized carbons (Fsp3) is 0.750. The Kier molecular flexibility index (Phi) is 4.15. The van der Waals surface area contributed by atoms with E-state index >= 15 is 0 Å². The largest absolute Gasteiger partial charge is 0.481 e. The number of methoxy groups -OCH3 is 1. The number of rotatable bonds is 7. The van der Waals surface area contributed by atoms with E-state index in [1.807, 2.05) is 18.4 Å². The molecular formula is C12H19N3O3S. The molecule has 1 N–H and O–H groups in total. The summed E-state index contributed by atoms with van der Waals surface area (Å²) >= 11 is 1.21. The molecule has 1 saturated carbocycles. The van der Waals surface area contributed by atoms with Gasteiger partial charge in [0.15, 0.2) is 5.16 Å². The minimum Gasteiger partial charge on any atom is -0.481 e. The van der Waals surface area contributed by atoms with Gasteiger partial charge in [-0.05, 0) is 26.7 Å². The van der Waals surface area contributed by atoms with Crippen molar-refractivity contribution in [3.63, 3.8) is 0 Å². The predicted octanol–water partition coefficient (Wildman–Crippen LogP) is 1.76. The summed E-state index contributed by atoms with van der Waals surface area (Å²) in [6.07, 6.45) is 2.27. The summed E-state index contributed by atoms with van der Waals surface area (Å²) in [7, 11) is 1.67. The Bertz CT molecular complexity index is 469. The second-order valence-electron chi connectivity index (χ2n) is 5.35. The van der Waals surface area contributed by atoms with Gasteiger partial charge in [0, 0.05) is 13.0 Å². The maximum atomic E-state index is 10.7. The Morgan fingerprint density at radius 3 is 2.74 bits per heavy atom. The molecule has 1 aromatic heterocycles. The van der Waals surface area contributed by atoms with Crippen molar-refractivity contribution < 1.29 is 14.6 Å². The van der Waals surface area contributed by atoms with Gasteiger partial charge in [-0.2, -0.15) is 0 Å². The van der Waals surface area contributed by atoms with Gasteiger partial charge in [-0.25, -0.2) is 0 Å². The Hall–Kier alpha value is -1.08. The molecule has 106 valence electrons. The second kappa shape index (κ2) is 5.50. The Labute approximate surface area is 116 Å². The first-order valence-corrected chi connectivity index (χ1v) is 7.24. The number of nitrogens with zero attached hydrogens (tertiary/aromatic N) is 3. The molecule has 1 fully saturated rings. The zero-order valence-electron chi connectivity index (χ0n) is 11.4. The maximum Gasteiger partial charge on any atom is 0.313 e. The SMILES string of the molecule is COC(C)(C)Cn1c(SCC(=O)O)nnc1C1CC1. The van der Waals surface area contributed by atoms with E-state index < -0.39 is 5.97 Å². The van der Waals surface area contributed by atoms with Gasteiger partial charge in [-0.3, -0.25) is 4.79 Å². The van der Waals surface area contributed by atoms with Crippen LogP contribution in [0.15, 0.2) is 5.16 Å². The van der Waals surface area contributed by atoms with Gasteiger partial charge >= 0.3 is 5.97 Å². The molecule has 0 spiro atoms. The topological polar surface area (TPSA) is 77.2 Å². The van der Waals surface area contributed by atoms with E-state index in [2.05, 4.69) is 10.2 Å². The molecule has 1 aromatic rings. The van der Waals surface area contributed by atoms with Crippen LogP contribution in [0.5, 0.6) is 0 Å². The van der Waals surface area contributed by atoms with Crippen molar-refractivity contribution in [2.24, 2.45) is 0 Å². The average molecular weight is 285 g/mol. The van der Waals surface area contributed by atoms with Crippen LogP contribution < -0.4 is 0 Å². The lowest BCUT2D eigenvalue weighted by Crippen LogP contribution is -2.30. The first kappa shape index (κ1) is 14.3. The summed E-state index contributed by atoms with van der Waals surface area (Å²) < 4.78 is 7.45. The van der Waals surface area contributed by atoms with E-state index in [1.54, 1.807) is 7.11 Å². The quantitative estimate of drug-likeness (QED) is 0.769. The third kappa shape index (κ3) is 3.70. The van der Waals surface area contributed by atoms with Crippen LogP contribution in [0, 0.1) is 0 Å². The number of carboxylic acids is 1. The van der Waals surface area contributed by atoms with Crippen molar-refractivity contribution in [3.8, 4) is 0 Å². The molecule has 0 unspecified atom stereocenters. The Balaban J connectivity index is 2.20. The normalized spacial score (nSPS) is 15.7. The molecule has 1 aliphatic carbocycles. The summed E-state index contributed by atoms with van der Waals surface area (Å²) in [4.78, 5) is 10.7. The van der Waals surface area contributed by atoms with Gasteiger partial charge in [0.25, 0.3) is 0 Å². The number of thioether (sulfide) groups is 1. The van der Waals surface area contributed by atoms with Gasteiger partial charge in [-0.1, -0.05) is 11.8 Å². The summed E-state index contributed by atoms with van der Waals surface area (Å²) in [6, 6.07) is 0. The van der Waals surface area contributed by atoms with E-state index in [9.17, 15) is 4.79 Å². The molecule has 1 aliphatic rings. The molecule has 0 saturated heterocycles. The van der Waals surface area contributed by atoms with Crippen LogP contribution in [0.3, 0.4) is 0 Å². The van der Waals surface area contributed by atoms with Gasteiger partial charge in [0.1, 0.15) is 5.82 Å². The van der Waals surface area contributed by atoms with Gasteiger partial charge in [-0.15, -0.1) is 10.2 Å². The molecular weight excluding hydrogens is 266 g/mol. The van der Waals surface area contributed by atoms with Crippen LogP contribution >= 0.6 is 11.8 Å². The van der Waals surface area contributed by atoms with E-state index in [-0.39, 0.29) is 11.4 Å². The number of carbonyl (C=O) groups is 1. The van der Waals surface area contributed by atoms with Crippen molar-refractivity contribution in [1.82, 2.24) is 14.8 Å². The van der Waals surface area contributed by atoms with E-state index in [1.165, 1.54) is 11.8 Å². The zero-order valence-corrected chi connectivity index (χ0v) is 12.2. The Morgan fingerprint density at radius 2 is 2.21 bits per heavy atom. The van der Waals surface area contributed by atoms with Crippen LogP contribution in [-0.4, -0.2) is 44.3 Å². The first-order valence-electron chi connectivity index (χ1n) is 6.26. The molecule has 2 rings (SSSR count). The minimum atomic E-state index is -0.849. The summed E-state index contributed by atoms with van der Waals surface area (Å²) in [5.41, 5.74) is -0.329. The number of hydrogen-bond donors (Lipinski definition) is 1. The molecule has 0 atom stereocenters. The minimum absolute atomic E-state index is 0.00376. The average Bonchev–Trinajstić information content (AvgIpc) is 3.10. The molecule has 6 nitrogen and oxygen atoms in total. The molecule has 0 aliphatic heterocycles. The van der Waals surface area contributed by atoms with E-state index in [0.29, 0.717) is 17.6 Å². The Morgan fingerprint density at radius 1 is 1.53 bits per heavy atom. The highest BCUT2D eigenvalue weighted by molar-refractivity contribution is 7.99. The highest BCUT2D eigenvalue weighted by atomic mass is 32.2. The monoisotopic (exact) mass is 285 g/mol. The fourth-order valence-corrected chi connectivity index (χ4v) is 2.44. The van der Waals surface area contributed by atoms with Crippen LogP contribution in [0.25, 0.3) is 0 Å². The third-order valence-electron chi connectivity index (χ3n) is 3.10. The van der Waals surface area contributed by atoms with Crippen molar-refractivity contribution in [2.75, 3.05) is 12.9 Å². The summed E-state index contributed by atoms with van der Waals surface area (Å²) in [5, 5.41) is 17.8. The predicted molar refractivity (Wildman–Crippen MR) is 71.4 cm³/mol. The lowest BCUT2D eigenvalue weighted by Gasteiger charge is -2.24. The van der Waals surface area contributed by atoms with Crippen molar-refractivity contribution in [1.29, 1.82) is 0 Å². The van der Waals surface area contributed by atoms with Crippen LogP contribution in [-0.2, 0) is 16.1 Å². The molecule has 0 bridgehead atoms. The first-order chi connectivity index (χ1) is 8.93. The van der Waals surface area contributed by atoms with Crippen molar-refractivity contribution in [3.05, 3.63) is 5.82 Å². The number of aromatic nitrogens is 3. The third-order valence-corrected chi connectivity index (χ3v) is 4.06. The zero-order chi connectivity index (χ0) is 14.0. The molecule has 19 heavy (non-hydrogen) atoms. The molecule has 7 heteroatoms. The number of carboxylic acid groups (broad SMARTS) is 1. The lowest BCUT2D eigenvalue weighted by molar-refractivity contribution is -0.133. The highest BCUT2D eigenvalue weighted by Crippen LogP contribution is 2.40. The van der Waals surface area contributed by atoms with Gasteiger partial charge < -0.3 is 14.4 Å². The maximum absolute atomic E-state index is 10.7. The van der Waals surface area contributed by atoms with Crippen LogP contribution in [0.4, 0.5) is 0 Å². The van der Waals surface area contributed by atoms with Crippen molar-refractivity contribution in [2.45, 2.75) is 49.9 Å². The van der Waals surface area contributed by atoms with E-state index in [4.69, 9.17) is 9.84 Å². The van der Waals surface area contributed by atoms with E-state index in [0.717, 1.165) is 18.7 Å². The smallest absolute Gasteiger partial charge is 0.313 e. The highest BCUT2D eigenvalue weighted by Gasteiger charge is 2.32.